The molecule has 4 aromatic carbocycles. The second-order valence-electron chi connectivity index (χ2n) is 10.8. The molecule has 0 aliphatic carbocycles. The molecule has 0 amide bonds. The Labute approximate surface area is 241 Å². The summed E-state index contributed by atoms with van der Waals surface area (Å²) < 4.78 is 0. The summed E-state index contributed by atoms with van der Waals surface area (Å²) in [6.45, 7) is 6.23. The number of anilines is 2. The van der Waals surface area contributed by atoms with Crippen molar-refractivity contribution in [3.8, 4) is 0 Å². The van der Waals surface area contributed by atoms with Gasteiger partial charge in [0.15, 0.2) is 0 Å². The van der Waals surface area contributed by atoms with E-state index in [9.17, 15) is 0 Å². The van der Waals surface area contributed by atoms with Crippen molar-refractivity contribution < 1.29 is 0 Å². The number of aryl methyl sites for hydroxylation is 2. The number of benzene rings is 4. The van der Waals surface area contributed by atoms with Crippen LogP contribution in [-0.2, 0) is 25.9 Å². The van der Waals surface area contributed by atoms with E-state index in [0.29, 0.717) is 0 Å². The first-order chi connectivity index (χ1) is 19.5. The van der Waals surface area contributed by atoms with E-state index in [1.807, 2.05) is 24.3 Å². The van der Waals surface area contributed by atoms with Crippen LogP contribution in [0.3, 0.4) is 0 Å². The predicted octanol–water partition coefficient (Wildman–Crippen LogP) is 10.1. The zero-order valence-corrected chi connectivity index (χ0v) is 24.7. The lowest BCUT2D eigenvalue weighted by Crippen LogP contribution is -2.16. The van der Waals surface area contributed by atoms with Gasteiger partial charge in [-0.2, -0.15) is 10.2 Å². The molecule has 4 rings (SSSR count). The summed E-state index contributed by atoms with van der Waals surface area (Å²) in [4.78, 5) is 4.52. The molecular formula is C36H44N4. The van der Waals surface area contributed by atoms with Crippen LogP contribution in [0.2, 0.25) is 0 Å². The van der Waals surface area contributed by atoms with Crippen molar-refractivity contribution in [2.75, 3.05) is 23.9 Å². The highest BCUT2D eigenvalue weighted by Gasteiger charge is 2.05. The fourth-order valence-electron chi connectivity index (χ4n) is 4.78. The van der Waals surface area contributed by atoms with Gasteiger partial charge in [0, 0.05) is 38.6 Å². The van der Waals surface area contributed by atoms with E-state index < -0.39 is 0 Å². The van der Waals surface area contributed by atoms with Gasteiger partial charge >= 0.3 is 0 Å². The molecule has 208 valence electrons. The van der Waals surface area contributed by atoms with Crippen molar-refractivity contribution in [2.45, 2.75) is 65.5 Å². The summed E-state index contributed by atoms with van der Waals surface area (Å²) in [5.41, 5.74) is 9.51. The highest BCUT2D eigenvalue weighted by atomic mass is 15.1. The maximum Gasteiger partial charge on any atom is 0.0858 e. The van der Waals surface area contributed by atoms with Crippen LogP contribution in [0.15, 0.2) is 107 Å². The summed E-state index contributed by atoms with van der Waals surface area (Å²) in [5, 5.41) is 8.92. The molecule has 0 unspecified atom stereocenters. The Morgan fingerprint density at radius 2 is 0.775 bits per heavy atom. The lowest BCUT2D eigenvalue weighted by molar-refractivity contribution is 0.794. The number of unbranched alkanes of at least 4 members (excludes halogenated alkanes) is 2. The number of hydrogen-bond acceptors (Lipinski definition) is 4. The van der Waals surface area contributed by atoms with Crippen molar-refractivity contribution in [1.29, 1.82) is 0 Å². The largest absolute Gasteiger partial charge is 0.370 e. The Morgan fingerprint density at radius 1 is 0.450 bits per heavy atom. The third kappa shape index (κ3) is 8.81. The molecule has 0 spiro atoms. The van der Waals surface area contributed by atoms with Crippen LogP contribution in [0.4, 0.5) is 22.7 Å². The SMILES string of the molecule is CCCCc1ccc(CN(C)c2ccc(N=Nc3ccc(N(C)Cc4ccc(CCCC)cc4)cc3)cc2)cc1. The van der Waals surface area contributed by atoms with Crippen molar-refractivity contribution >= 4 is 22.7 Å². The molecule has 4 heteroatoms. The van der Waals surface area contributed by atoms with Gasteiger partial charge < -0.3 is 9.80 Å². The van der Waals surface area contributed by atoms with E-state index >= 15 is 0 Å². The highest BCUT2D eigenvalue weighted by molar-refractivity contribution is 5.54. The standard InChI is InChI=1S/C36H44N4/c1-5-7-9-29-11-15-31(16-12-29)27-39(3)35-23-19-33(20-24-35)37-38-34-21-25-36(26-22-34)40(4)28-32-17-13-30(14-18-32)10-8-6-2/h11-26H,5-10,27-28H2,1-4H3. The summed E-state index contributed by atoms with van der Waals surface area (Å²) in [7, 11) is 4.26. The zero-order chi connectivity index (χ0) is 28.2. The van der Waals surface area contributed by atoms with Gasteiger partial charge in [-0.15, -0.1) is 0 Å². The first kappa shape index (κ1) is 29.1. The molecule has 0 radical (unpaired) electrons. The Kier molecular flexibility index (Phi) is 10.9. The van der Waals surface area contributed by atoms with Crippen LogP contribution in [0.1, 0.15) is 61.8 Å². The van der Waals surface area contributed by atoms with Crippen LogP contribution in [-0.4, -0.2) is 14.1 Å². The molecule has 0 heterocycles. The summed E-state index contributed by atoms with van der Waals surface area (Å²) in [6, 6.07) is 34.6. The molecule has 0 aliphatic heterocycles. The van der Waals surface area contributed by atoms with Gasteiger partial charge in [0.05, 0.1) is 11.4 Å². The predicted molar refractivity (Wildman–Crippen MR) is 171 cm³/mol. The maximum absolute atomic E-state index is 4.46. The Morgan fingerprint density at radius 3 is 1.10 bits per heavy atom. The second kappa shape index (κ2) is 15.0. The van der Waals surface area contributed by atoms with Crippen LogP contribution >= 0.6 is 0 Å². The summed E-state index contributed by atoms with van der Waals surface area (Å²) in [6.07, 6.45) is 7.30. The first-order valence-corrected chi connectivity index (χ1v) is 14.7. The molecule has 0 saturated heterocycles. The fraction of sp³-hybridized carbons (Fsp3) is 0.333. The average molecular weight is 533 g/mol. The summed E-state index contributed by atoms with van der Waals surface area (Å²) >= 11 is 0. The third-order valence-corrected chi connectivity index (χ3v) is 7.39. The van der Waals surface area contributed by atoms with E-state index in [1.54, 1.807) is 0 Å². The smallest absolute Gasteiger partial charge is 0.0858 e. The molecule has 0 saturated carbocycles. The molecule has 0 bridgehead atoms. The molecule has 4 nitrogen and oxygen atoms in total. The minimum Gasteiger partial charge on any atom is -0.370 e. The van der Waals surface area contributed by atoms with E-state index in [4.69, 9.17) is 0 Å². The number of rotatable bonds is 14. The maximum atomic E-state index is 4.46. The highest BCUT2D eigenvalue weighted by Crippen LogP contribution is 2.25. The Hall–Kier alpha value is -3.92. The Bertz CT molecular complexity index is 1200. The number of azo groups is 1. The molecule has 0 atom stereocenters. The lowest BCUT2D eigenvalue weighted by Gasteiger charge is -2.20. The van der Waals surface area contributed by atoms with Crippen LogP contribution in [0, 0.1) is 0 Å². The topological polar surface area (TPSA) is 31.2 Å². The van der Waals surface area contributed by atoms with E-state index in [2.05, 4.69) is 121 Å². The average Bonchev–Trinajstić information content (AvgIpc) is 3.00. The third-order valence-electron chi connectivity index (χ3n) is 7.39. The first-order valence-electron chi connectivity index (χ1n) is 14.7. The van der Waals surface area contributed by atoms with Crippen molar-refractivity contribution in [1.82, 2.24) is 0 Å². The molecule has 0 fully saturated rings. The minimum absolute atomic E-state index is 0.848. The van der Waals surface area contributed by atoms with E-state index in [-0.39, 0.29) is 0 Å². The van der Waals surface area contributed by atoms with Crippen molar-refractivity contribution in [3.63, 3.8) is 0 Å². The van der Waals surface area contributed by atoms with Crippen molar-refractivity contribution in [2.24, 2.45) is 10.2 Å². The Balaban J connectivity index is 1.28. The molecule has 4 aromatic rings. The molecule has 0 aliphatic rings. The van der Waals surface area contributed by atoms with Gasteiger partial charge in [0.2, 0.25) is 0 Å². The van der Waals surface area contributed by atoms with Crippen LogP contribution in [0.5, 0.6) is 0 Å². The number of hydrogen-bond donors (Lipinski definition) is 0. The lowest BCUT2D eigenvalue weighted by atomic mass is 10.1. The van der Waals surface area contributed by atoms with Crippen LogP contribution in [0.25, 0.3) is 0 Å². The molecule has 0 aromatic heterocycles. The number of nitrogens with zero attached hydrogens (tertiary/aromatic N) is 4. The van der Waals surface area contributed by atoms with Gasteiger partial charge in [0.1, 0.15) is 0 Å². The summed E-state index contributed by atoms with van der Waals surface area (Å²) in [5.74, 6) is 0. The zero-order valence-electron chi connectivity index (χ0n) is 24.7. The van der Waals surface area contributed by atoms with Gasteiger partial charge in [0.25, 0.3) is 0 Å². The van der Waals surface area contributed by atoms with Gasteiger partial charge in [-0.3, -0.25) is 0 Å². The molecule has 0 N–H and O–H groups in total. The second-order valence-corrected chi connectivity index (χ2v) is 10.8. The monoisotopic (exact) mass is 532 g/mol. The van der Waals surface area contributed by atoms with Crippen LogP contribution < -0.4 is 9.80 Å². The minimum atomic E-state index is 0.848. The van der Waals surface area contributed by atoms with Gasteiger partial charge in [-0.1, -0.05) is 75.2 Å². The normalized spacial score (nSPS) is 11.2. The van der Waals surface area contributed by atoms with Crippen molar-refractivity contribution in [3.05, 3.63) is 119 Å². The van der Waals surface area contributed by atoms with Gasteiger partial charge in [-0.25, -0.2) is 0 Å². The quantitative estimate of drug-likeness (QED) is 0.151. The van der Waals surface area contributed by atoms with E-state index in [1.165, 1.54) is 47.9 Å². The van der Waals surface area contributed by atoms with Gasteiger partial charge in [-0.05, 0) is 96.5 Å². The van der Waals surface area contributed by atoms with E-state index in [0.717, 1.165) is 48.7 Å². The molecule has 40 heavy (non-hydrogen) atoms. The molecular weight excluding hydrogens is 488 g/mol. The fourth-order valence-corrected chi connectivity index (χ4v) is 4.78.